The molecule has 0 radical (unpaired) electrons. The van der Waals surface area contributed by atoms with E-state index in [0.29, 0.717) is 6.42 Å². The predicted molar refractivity (Wildman–Crippen MR) is 235 cm³/mol. The second kappa shape index (κ2) is 41.7. The lowest BCUT2D eigenvalue weighted by atomic mass is 10.0. The normalized spacial score (nSPS) is 13.2. The minimum absolute atomic E-state index is 0.272. The van der Waals surface area contributed by atoms with Crippen molar-refractivity contribution in [2.75, 3.05) is 5.75 Å². The van der Waals surface area contributed by atoms with E-state index in [1.807, 2.05) is 6.08 Å². The molecular formula is C47H93NO5S. The van der Waals surface area contributed by atoms with Crippen molar-refractivity contribution >= 4 is 16.0 Å². The first-order chi connectivity index (χ1) is 26.3. The van der Waals surface area contributed by atoms with E-state index in [1.54, 1.807) is 6.08 Å². The van der Waals surface area contributed by atoms with Crippen LogP contribution in [-0.4, -0.2) is 41.9 Å². The van der Waals surface area contributed by atoms with Gasteiger partial charge in [0.2, 0.25) is 5.91 Å². The number of hydrogen-bond donors (Lipinski definition) is 3. The zero-order valence-corrected chi connectivity index (χ0v) is 36.9. The van der Waals surface area contributed by atoms with Crippen molar-refractivity contribution in [1.29, 1.82) is 0 Å². The van der Waals surface area contributed by atoms with E-state index < -0.39 is 28.0 Å². The van der Waals surface area contributed by atoms with Crippen LogP contribution >= 0.6 is 0 Å². The largest absolute Gasteiger partial charge is 0.387 e. The van der Waals surface area contributed by atoms with Gasteiger partial charge in [-0.25, -0.2) is 0 Å². The van der Waals surface area contributed by atoms with Crippen molar-refractivity contribution in [2.24, 2.45) is 0 Å². The highest BCUT2D eigenvalue weighted by Gasteiger charge is 2.24. The molecule has 0 saturated carbocycles. The molecule has 6 nitrogen and oxygen atoms in total. The fourth-order valence-corrected chi connectivity index (χ4v) is 8.36. The zero-order chi connectivity index (χ0) is 39.6. The Bertz CT molecular complexity index is 908. The van der Waals surface area contributed by atoms with E-state index in [0.717, 1.165) is 38.5 Å². The zero-order valence-electron chi connectivity index (χ0n) is 36.1. The van der Waals surface area contributed by atoms with Crippen LogP contribution in [0.2, 0.25) is 0 Å². The average Bonchev–Trinajstić information content (AvgIpc) is 3.14. The highest BCUT2D eigenvalue weighted by Crippen LogP contribution is 2.17. The second-order valence-electron chi connectivity index (χ2n) is 16.8. The molecule has 0 saturated heterocycles. The fourth-order valence-electron chi connectivity index (χ4n) is 7.63. The van der Waals surface area contributed by atoms with Crippen molar-refractivity contribution in [3.63, 3.8) is 0 Å². The molecule has 0 aliphatic carbocycles. The molecule has 0 aliphatic rings. The van der Waals surface area contributed by atoms with Crippen LogP contribution in [0.15, 0.2) is 12.2 Å². The summed E-state index contributed by atoms with van der Waals surface area (Å²) in [6.45, 7) is 4.55. The molecule has 0 spiro atoms. The van der Waals surface area contributed by atoms with Crippen LogP contribution in [0.5, 0.6) is 0 Å². The molecule has 3 N–H and O–H groups in total. The van der Waals surface area contributed by atoms with Gasteiger partial charge in [-0.15, -0.1) is 0 Å². The standard InChI is InChI=1S/C47H93NO5S/c1-3-5-7-9-11-13-15-17-19-21-23-25-26-28-30-32-34-36-38-40-42-46(49)45(44-54(51,52)53)48-47(50)43-41-39-37-35-33-31-29-27-24-22-20-18-16-14-12-10-8-6-4-2/h40,42,45-46,49H,3-39,41,43-44H2,1-2H3,(H,48,50)(H,51,52,53)/b42-40+. The highest BCUT2D eigenvalue weighted by molar-refractivity contribution is 7.85. The summed E-state index contributed by atoms with van der Waals surface area (Å²) in [4.78, 5) is 12.6. The molecule has 7 heteroatoms. The van der Waals surface area contributed by atoms with Crippen molar-refractivity contribution in [1.82, 2.24) is 5.32 Å². The third kappa shape index (κ3) is 42.2. The van der Waals surface area contributed by atoms with Crippen LogP contribution in [0.4, 0.5) is 0 Å². The Morgan fingerprint density at radius 2 is 0.759 bits per heavy atom. The molecule has 0 bridgehead atoms. The number of aliphatic hydroxyl groups is 1. The van der Waals surface area contributed by atoms with Crippen LogP contribution in [0, 0.1) is 0 Å². The first-order valence-corrected chi connectivity index (χ1v) is 25.5. The molecular weight excluding hydrogens is 691 g/mol. The van der Waals surface area contributed by atoms with E-state index in [1.165, 1.54) is 205 Å². The molecule has 0 fully saturated rings. The van der Waals surface area contributed by atoms with E-state index in [-0.39, 0.29) is 5.91 Å². The minimum Gasteiger partial charge on any atom is -0.387 e. The molecule has 0 aromatic heterocycles. The number of allylic oxidation sites excluding steroid dienone is 1. The van der Waals surface area contributed by atoms with Gasteiger partial charge in [0.05, 0.1) is 17.9 Å². The smallest absolute Gasteiger partial charge is 0.267 e. The predicted octanol–water partition coefficient (Wildman–Crippen LogP) is 14.5. The number of carbonyl (C=O) groups is 1. The molecule has 0 aliphatic heterocycles. The Hall–Kier alpha value is -0.920. The molecule has 2 atom stereocenters. The SMILES string of the molecule is CCCCCCCCCCCCCCCCCCCC/C=C/C(O)C(CS(=O)(=O)O)NC(=O)CCCCCCCCCCCCCCCCCCCCC. The lowest BCUT2D eigenvalue weighted by Gasteiger charge is -2.21. The maximum atomic E-state index is 12.6. The summed E-state index contributed by atoms with van der Waals surface area (Å²) in [7, 11) is -4.34. The van der Waals surface area contributed by atoms with Gasteiger partial charge >= 0.3 is 0 Å². The number of nitrogens with one attached hydrogen (secondary N) is 1. The number of amides is 1. The van der Waals surface area contributed by atoms with Gasteiger partial charge in [-0.2, -0.15) is 8.42 Å². The molecule has 0 aromatic carbocycles. The fraction of sp³-hybridized carbons (Fsp3) is 0.936. The average molecular weight is 784 g/mol. The van der Waals surface area contributed by atoms with Crippen molar-refractivity contribution in [3.8, 4) is 0 Å². The van der Waals surface area contributed by atoms with E-state index in [2.05, 4.69) is 19.2 Å². The van der Waals surface area contributed by atoms with Crippen LogP contribution in [0.25, 0.3) is 0 Å². The number of rotatable bonds is 44. The Kier molecular flexibility index (Phi) is 41.0. The number of aliphatic hydroxyl groups excluding tert-OH is 1. The first-order valence-electron chi connectivity index (χ1n) is 23.9. The third-order valence-corrected chi connectivity index (χ3v) is 12.0. The third-order valence-electron chi connectivity index (χ3n) is 11.2. The quantitative estimate of drug-likeness (QED) is 0.0324. The van der Waals surface area contributed by atoms with Gasteiger partial charge in [0.25, 0.3) is 10.1 Å². The summed E-state index contributed by atoms with van der Waals surface area (Å²) in [6.07, 6.45) is 52.1. The maximum absolute atomic E-state index is 12.6. The molecule has 0 rings (SSSR count). The van der Waals surface area contributed by atoms with E-state index >= 15 is 0 Å². The van der Waals surface area contributed by atoms with Gasteiger partial charge in [0.15, 0.2) is 0 Å². The van der Waals surface area contributed by atoms with Crippen LogP contribution in [0.1, 0.15) is 264 Å². The molecule has 0 aromatic rings. The van der Waals surface area contributed by atoms with Crippen LogP contribution in [-0.2, 0) is 14.9 Å². The summed E-state index contributed by atoms with van der Waals surface area (Å²) < 4.78 is 32.6. The van der Waals surface area contributed by atoms with Gasteiger partial charge in [0.1, 0.15) is 0 Å². The van der Waals surface area contributed by atoms with Gasteiger partial charge < -0.3 is 10.4 Å². The van der Waals surface area contributed by atoms with Crippen LogP contribution in [0.3, 0.4) is 0 Å². The van der Waals surface area contributed by atoms with Gasteiger partial charge in [-0.05, 0) is 19.3 Å². The maximum Gasteiger partial charge on any atom is 0.267 e. The monoisotopic (exact) mass is 784 g/mol. The Morgan fingerprint density at radius 3 is 1.06 bits per heavy atom. The van der Waals surface area contributed by atoms with Crippen molar-refractivity contribution in [3.05, 3.63) is 12.2 Å². The summed E-state index contributed by atoms with van der Waals surface area (Å²) in [5.74, 6) is -0.964. The van der Waals surface area contributed by atoms with Crippen LogP contribution < -0.4 is 5.32 Å². The topological polar surface area (TPSA) is 104 Å². The lowest BCUT2D eigenvalue weighted by molar-refractivity contribution is -0.122. The van der Waals surface area contributed by atoms with Gasteiger partial charge in [-0.1, -0.05) is 251 Å². The van der Waals surface area contributed by atoms with E-state index in [4.69, 9.17) is 0 Å². The summed E-state index contributed by atoms with van der Waals surface area (Å²) in [6, 6.07) is -1.05. The second-order valence-corrected chi connectivity index (χ2v) is 18.3. The van der Waals surface area contributed by atoms with Crippen molar-refractivity contribution < 1.29 is 22.9 Å². The van der Waals surface area contributed by atoms with Gasteiger partial charge in [0, 0.05) is 6.42 Å². The Balaban J connectivity index is 3.80. The highest BCUT2D eigenvalue weighted by atomic mass is 32.2. The summed E-state index contributed by atoms with van der Waals surface area (Å²) in [5, 5.41) is 13.3. The molecule has 2 unspecified atom stereocenters. The van der Waals surface area contributed by atoms with E-state index in [9.17, 15) is 22.9 Å². The number of hydrogen-bond acceptors (Lipinski definition) is 4. The summed E-state index contributed by atoms with van der Waals surface area (Å²) in [5.41, 5.74) is 0. The molecule has 322 valence electrons. The molecule has 54 heavy (non-hydrogen) atoms. The number of carbonyl (C=O) groups excluding carboxylic acids is 1. The Morgan fingerprint density at radius 1 is 0.481 bits per heavy atom. The lowest BCUT2D eigenvalue weighted by Crippen LogP contribution is -2.46. The Labute approximate surface area is 337 Å². The molecule has 1 amide bonds. The van der Waals surface area contributed by atoms with Gasteiger partial charge in [-0.3, -0.25) is 9.35 Å². The number of unbranched alkanes of at least 4 members (excludes halogenated alkanes) is 36. The van der Waals surface area contributed by atoms with Crippen molar-refractivity contribution in [2.45, 2.75) is 276 Å². The molecule has 0 heterocycles. The minimum atomic E-state index is -4.34. The summed E-state index contributed by atoms with van der Waals surface area (Å²) >= 11 is 0. The first kappa shape index (κ1) is 53.1.